The number of carbonyl (C=O) groups is 2. The molecule has 2 aromatic carbocycles. The molecule has 0 heterocycles. The normalized spacial score (nSPS) is 10.3. The third-order valence-corrected chi connectivity index (χ3v) is 4.31. The smallest absolute Gasteiger partial charge is 0.226 e. The zero-order chi connectivity index (χ0) is 19.1. The maximum Gasteiger partial charge on any atom is 0.226 e. The third kappa shape index (κ3) is 4.85. The molecule has 138 valence electrons. The van der Waals surface area contributed by atoms with E-state index in [2.05, 4.69) is 12.2 Å². The van der Waals surface area contributed by atoms with Crippen molar-refractivity contribution in [2.24, 2.45) is 0 Å². The molecular weight excluding hydrogens is 328 g/mol. The van der Waals surface area contributed by atoms with Gasteiger partial charge < -0.3 is 15.0 Å². The number of nitrogens with zero attached hydrogens (tertiary/aromatic N) is 1. The molecule has 0 atom stereocenters. The minimum absolute atomic E-state index is 0.108. The van der Waals surface area contributed by atoms with Crippen molar-refractivity contribution in [3.63, 3.8) is 0 Å². The molecule has 2 aromatic rings. The van der Waals surface area contributed by atoms with E-state index in [4.69, 9.17) is 4.74 Å². The Morgan fingerprint density at radius 2 is 1.88 bits per heavy atom. The summed E-state index contributed by atoms with van der Waals surface area (Å²) in [6.45, 7) is 5.84. The van der Waals surface area contributed by atoms with E-state index in [0.29, 0.717) is 12.3 Å². The molecule has 2 rings (SSSR count). The molecule has 0 bridgehead atoms. The Kier molecular flexibility index (Phi) is 6.78. The fraction of sp³-hybridized carbons (Fsp3) is 0.333. The van der Waals surface area contributed by atoms with Crippen LogP contribution >= 0.6 is 0 Å². The highest BCUT2D eigenvalue weighted by Gasteiger charge is 2.15. The molecule has 1 N–H and O–H groups in total. The average Bonchev–Trinajstić information content (AvgIpc) is 2.63. The van der Waals surface area contributed by atoms with Gasteiger partial charge in [0.2, 0.25) is 11.8 Å². The van der Waals surface area contributed by atoms with Crippen molar-refractivity contribution in [2.75, 3.05) is 23.9 Å². The van der Waals surface area contributed by atoms with Crippen LogP contribution in [0.3, 0.4) is 0 Å². The van der Waals surface area contributed by atoms with Crippen LogP contribution in [-0.4, -0.2) is 25.5 Å². The van der Waals surface area contributed by atoms with Gasteiger partial charge in [-0.1, -0.05) is 31.2 Å². The molecule has 0 aliphatic carbocycles. The fourth-order valence-corrected chi connectivity index (χ4v) is 2.86. The second kappa shape index (κ2) is 9.04. The largest absolute Gasteiger partial charge is 0.497 e. The van der Waals surface area contributed by atoms with Crippen molar-refractivity contribution in [1.29, 1.82) is 0 Å². The van der Waals surface area contributed by atoms with Gasteiger partial charge in [-0.15, -0.1) is 0 Å². The van der Waals surface area contributed by atoms with E-state index >= 15 is 0 Å². The van der Waals surface area contributed by atoms with Crippen molar-refractivity contribution in [3.05, 3.63) is 53.6 Å². The van der Waals surface area contributed by atoms with Crippen LogP contribution in [0, 0.1) is 6.92 Å². The van der Waals surface area contributed by atoms with Crippen LogP contribution in [-0.2, 0) is 16.0 Å². The fourth-order valence-electron chi connectivity index (χ4n) is 2.86. The highest BCUT2D eigenvalue weighted by molar-refractivity contribution is 5.95. The molecule has 0 unspecified atom stereocenters. The van der Waals surface area contributed by atoms with E-state index in [0.717, 1.165) is 28.9 Å². The number of aryl methyl sites for hydroxylation is 2. The molecule has 0 saturated heterocycles. The molecule has 5 nitrogen and oxygen atoms in total. The lowest BCUT2D eigenvalue weighted by atomic mass is 10.1. The van der Waals surface area contributed by atoms with Gasteiger partial charge in [0.25, 0.3) is 0 Å². The molecule has 26 heavy (non-hydrogen) atoms. The topological polar surface area (TPSA) is 58.6 Å². The predicted molar refractivity (Wildman–Crippen MR) is 105 cm³/mol. The number of para-hydroxylation sites is 1. The number of hydrogen-bond acceptors (Lipinski definition) is 3. The summed E-state index contributed by atoms with van der Waals surface area (Å²) in [6, 6.07) is 13.2. The van der Waals surface area contributed by atoms with Crippen molar-refractivity contribution >= 4 is 23.2 Å². The van der Waals surface area contributed by atoms with E-state index in [1.54, 1.807) is 18.1 Å². The number of methoxy groups -OCH3 is 1. The SMILES string of the molecule is CCc1cccc(C)c1NC(=O)CCN(C(C)=O)c1cccc(OC)c1. The van der Waals surface area contributed by atoms with Gasteiger partial charge >= 0.3 is 0 Å². The van der Waals surface area contributed by atoms with Gasteiger partial charge in [0.15, 0.2) is 0 Å². The van der Waals surface area contributed by atoms with Crippen LogP contribution in [0.15, 0.2) is 42.5 Å². The summed E-state index contributed by atoms with van der Waals surface area (Å²) in [5.74, 6) is 0.449. The Bertz CT molecular complexity index is 787. The van der Waals surface area contributed by atoms with Crippen LogP contribution in [0.25, 0.3) is 0 Å². The van der Waals surface area contributed by atoms with Gasteiger partial charge in [0, 0.05) is 37.3 Å². The third-order valence-electron chi connectivity index (χ3n) is 4.31. The van der Waals surface area contributed by atoms with Crippen molar-refractivity contribution in [2.45, 2.75) is 33.6 Å². The molecule has 0 aliphatic rings. The maximum absolute atomic E-state index is 12.4. The van der Waals surface area contributed by atoms with Crippen LogP contribution in [0.2, 0.25) is 0 Å². The lowest BCUT2D eigenvalue weighted by molar-refractivity contribution is -0.117. The van der Waals surface area contributed by atoms with Gasteiger partial charge in [0.1, 0.15) is 5.75 Å². The minimum atomic E-state index is -0.115. The van der Waals surface area contributed by atoms with E-state index in [1.807, 2.05) is 43.3 Å². The minimum Gasteiger partial charge on any atom is -0.497 e. The summed E-state index contributed by atoms with van der Waals surface area (Å²) >= 11 is 0. The van der Waals surface area contributed by atoms with Gasteiger partial charge in [0.05, 0.1) is 7.11 Å². The number of amides is 2. The molecule has 0 fully saturated rings. The van der Waals surface area contributed by atoms with Crippen LogP contribution in [0.1, 0.15) is 31.4 Å². The van der Waals surface area contributed by atoms with Gasteiger partial charge in [-0.2, -0.15) is 0 Å². The Morgan fingerprint density at radius 1 is 1.15 bits per heavy atom. The monoisotopic (exact) mass is 354 g/mol. The molecule has 0 spiro atoms. The number of anilines is 2. The van der Waals surface area contributed by atoms with Crippen molar-refractivity contribution < 1.29 is 14.3 Å². The zero-order valence-corrected chi connectivity index (χ0v) is 15.8. The number of benzene rings is 2. The van der Waals surface area contributed by atoms with E-state index < -0.39 is 0 Å². The lowest BCUT2D eigenvalue weighted by Crippen LogP contribution is -2.32. The molecular formula is C21H26N2O3. The van der Waals surface area contributed by atoms with Gasteiger partial charge in [-0.05, 0) is 36.6 Å². The van der Waals surface area contributed by atoms with E-state index in [9.17, 15) is 9.59 Å². The quantitative estimate of drug-likeness (QED) is 0.819. The molecule has 0 aromatic heterocycles. The first-order chi connectivity index (χ1) is 12.5. The standard InChI is InChI=1S/C21H26N2O3/c1-5-17-9-6-8-15(2)21(17)22-20(25)12-13-23(16(3)24)18-10-7-11-19(14-18)26-4/h6-11,14H,5,12-13H2,1-4H3,(H,22,25). The number of hydrogen-bond donors (Lipinski definition) is 1. The molecule has 0 saturated carbocycles. The van der Waals surface area contributed by atoms with E-state index in [-0.39, 0.29) is 18.2 Å². The Morgan fingerprint density at radius 3 is 2.54 bits per heavy atom. The highest BCUT2D eigenvalue weighted by atomic mass is 16.5. The van der Waals surface area contributed by atoms with E-state index in [1.165, 1.54) is 6.92 Å². The second-order valence-corrected chi connectivity index (χ2v) is 6.13. The van der Waals surface area contributed by atoms with Crippen molar-refractivity contribution in [1.82, 2.24) is 0 Å². The zero-order valence-electron chi connectivity index (χ0n) is 15.8. The van der Waals surface area contributed by atoms with Gasteiger partial charge in [-0.3, -0.25) is 9.59 Å². The first kappa shape index (κ1) is 19.5. The lowest BCUT2D eigenvalue weighted by Gasteiger charge is -2.22. The Labute approximate surface area is 155 Å². The average molecular weight is 354 g/mol. The number of ether oxygens (including phenoxy) is 1. The maximum atomic E-state index is 12.4. The number of carbonyl (C=O) groups excluding carboxylic acids is 2. The summed E-state index contributed by atoms with van der Waals surface area (Å²) in [7, 11) is 1.58. The summed E-state index contributed by atoms with van der Waals surface area (Å²) in [5.41, 5.74) is 3.73. The molecule has 5 heteroatoms. The Balaban J connectivity index is 2.07. The Hall–Kier alpha value is -2.82. The van der Waals surface area contributed by atoms with Crippen molar-refractivity contribution in [3.8, 4) is 5.75 Å². The highest BCUT2D eigenvalue weighted by Crippen LogP contribution is 2.23. The second-order valence-electron chi connectivity index (χ2n) is 6.13. The predicted octanol–water partition coefficient (Wildman–Crippen LogP) is 3.95. The number of rotatable bonds is 7. The molecule has 2 amide bonds. The van der Waals surface area contributed by atoms with Crippen LogP contribution in [0.4, 0.5) is 11.4 Å². The first-order valence-corrected chi connectivity index (χ1v) is 8.76. The summed E-state index contributed by atoms with van der Waals surface area (Å²) in [5, 5.41) is 3.00. The summed E-state index contributed by atoms with van der Waals surface area (Å²) in [6.07, 6.45) is 1.06. The van der Waals surface area contributed by atoms with Crippen LogP contribution in [0.5, 0.6) is 5.75 Å². The summed E-state index contributed by atoms with van der Waals surface area (Å²) < 4.78 is 5.21. The van der Waals surface area contributed by atoms with Crippen LogP contribution < -0.4 is 15.0 Å². The molecule has 0 radical (unpaired) electrons. The first-order valence-electron chi connectivity index (χ1n) is 8.76. The van der Waals surface area contributed by atoms with Gasteiger partial charge in [-0.25, -0.2) is 0 Å². The summed E-state index contributed by atoms with van der Waals surface area (Å²) in [4.78, 5) is 26.0. The molecule has 0 aliphatic heterocycles. The number of nitrogens with one attached hydrogen (secondary N) is 1.